The minimum Gasteiger partial charge on any atom is -0.475 e. The highest BCUT2D eigenvalue weighted by atomic mass is 16.5. The summed E-state index contributed by atoms with van der Waals surface area (Å²) in [7, 11) is 0. The largest absolute Gasteiger partial charge is 0.475 e. The van der Waals surface area contributed by atoms with Crippen LogP contribution in [0.3, 0.4) is 0 Å². The molecule has 0 aliphatic heterocycles. The summed E-state index contributed by atoms with van der Waals surface area (Å²) in [5.74, 6) is 0.530. The molecule has 0 aliphatic carbocycles. The number of aryl methyl sites for hydroxylation is 2. The lowest BCUT2D eigenvalue weighted by Gasteiger charge is -2.26. The highest BCUT2D eigenvalue weighted by Crippen LogP contribution is 2.14. The van der Waals surface area contributed by atoms with Gasteiger partial charge in [-0.05, 0) is 42.2 Å². The zero-order valence-electron chi connectivity index (χ0n) is 16.5. The van der Waals surface area contributed by atoms with E-state index in [4.69, 9.17) is 4.74 Å². The molecular formula is C23H27N3O2. The molecule has 0 aliphatic rings. The van der Waals surface area contributed by atoms with Gasteiger partial charge < -0.3 is 9.84 Å². The number of hydrogen-bond acceptors (Lipinski definition) is 5. The van der Waals surface area contributed by atoms with Gasteiger partial charge in [-0.25, -0.2) is 4.98 Å². The summed E-state index contributed by atoms with van der Waals surface area (Å²) >= 11 is 0. The van der Waals surface area contributed by atoms with E-state index in [1.54, 1.807) is 12.4 Å². The van der Waals surface area contributed by atoms with Gasteiger partial charge in [0.1, 0.15) is 12.7 Å². The molecule has 0 radical (unpaired) electrons. The van der Waals surface area contributed by atoms with Gasteiger partial charge in [0.15, 0.2) is 0 Å². The fraction of sp³-hybridized carbons (Fsp3) is 0.304. The van der Waals surface area contributed by atoms with E-state index in [1.165, 1.54) is 11.1 Å². The van der Waals surface area contributed by atoms with Crippen molar-refractivity contribution in [1.29, 1.82) is 0 Å². The molecule has 1 aromatic carbocycles. The molecule has 146 valence electrons. The number of benzene rings is 1. The SMILES string of the molecule is Cc1ccc(OCC(O)CN(Cc2ccccc2)Cc2cnccc2C)nc1. The predicted octanol–water partition coefficient (Wildman–Crippen LogP) is 3.54. The number of rotatable bonds is 9. The second kappa shape index (κ2) is 9.97. The summed E-state index contributed by atoms with van der Waals surface area (Å²) in [6.07, 6.45) is 4.84. The maximum atomic E-state index is 10.6. The van der Waals surface area contributed by atoms with Crippen LogP contribution in [0.25, 0.3) is 0 Å². The number of nitrogens with zero attached hydrogens (tertiary/aromatic N) is 3. The zero-order chi connectivity index (χ0) is 19.8. The van der Waals surface area contributed by atoms with Crippen molar-refractivity contribution in [2.75, 3.05) is 13.2 Å². The third-order valence-electron chi connectivity index (χ3n) is 4.57. The predicted molar refractivity (Wildman–Crippen MR) is 110 cm³/mol. The van der Waals surface area contributed by atoms with Crippen LogP contribution in [0.2, 0.25) is 0 Å². The lowest BCUT2D eigenvalue weighted by atomic mass is 10.1. The number of hydrogen-bond donors (Lipinski definition) is 1. The van der Waals surface area contributed by atoms with Gasteiger partial charge in [-0.2, -0.15) is 0 Å². The standard InChI is InChI=1S/C23H27N3O2/c1-18-8-9-23(25-12-18)28-17-22(27)16-26(14-20-6-4-3-5-7-20)15-21-13-24-11-10-19(21)2/h3-13,22,27H,14-17H2,1-2H3. The summed E-state index contributed by atoms with van der Waals surface area (Å²) in [5, 5.41) is 10.6. The Balaban J connectivity index is 1.63. The molecule has 0 spiro atoms. The Labute approximate surface area is 166 Å². The first kappa shape index (κ1) is 20.0. The molecule has 0 amide bonds. The molecule has 1 N–H and O–H groups in total. The molecule has 3 rings (SSSR count). The maximum absolute atomic E-state index is 10.6. The van der Waals surface area contributed by atoms with Crippen LogP contribution in [-0.4, -0.2) is 39.2 Å². The van der Waals surface area contributed by atoms with Gasteiger partial charge in [-0.3, -0.25) is 9.88 Å². The lowest BCUT2D eigenvalue weighted by molar-refractivity contribution is 0.0612. The van der Waals surface area contributed by atoms with E-state index in [0.717, 1.165) is 17.7 Å². The fourth-order valence-corrected chi connectivity index (χ4v) is 3.00. The Hall–Kier alpha value is -2.76. The molecule has 0 saturated heterocycles. The monoisotopic (exact) mass is 377 g/mol. The number of aliphatic hydroxyl groups excluding tert-OH is 1. The van der Waals surface area contributed by atoms with E-state index in [2.05, 4.69) is 33.9 Å². The van der Waals surface area contributed by atoms with Crippen LogP contribution in [0.4, 0.5) is 0 Å². The fourth-order valence-electron chi connectivity index (χ4n) is 3.00. The third kappa shape index (κ3) is 6.15. The van der Waals surface area contributed by atoms with Crippen molar-refractivity contribution in [3.8, 4) is 5.88 Å². The smallest absolute Gasteiger partial charge is 0.213 e. The third-order valence-corrected chi connectivity index (χ3v) is 4.57. The number of aromatic nitrogens is 2. The van der Waals surface area contributed by atoms with Gasteiger partial charge >= 0.3 is 0 Å². The molecule has 5 heteroatoms. The van der Waals surface area contributed by atoms with Crippen molar-refractivity contribution in [1.82, 2.24) is 14.9 Å². The molecule has 2 heterocycles. The van der Waals surface area contributed by atoms with E-state index < -0.39 is 6.10 Å². The Kier molecular flexibility index (Phi) is 7.12. The Morgan fingerprint density at radius 2 is 1.82 bits per heavy atom. The van der Waals surface area contributed by atoms with E-state index in [9.17, 15) is 5.11 Å². The average molecular weight is 377 g/mol. The van der Waals surface area contributed by atoms with Gasteiger partial charge in [0.25, 0.3) is 0 Å². The van der Waals surface area contributed by atoms with E-state index >= 15 is 0 Å². The molecule has 28 heavy (non-hydrogen) atoms. The first-order valence-electron chi connectivity index (χ1n) is 9.49. The van der Waals surface area contributed by atoms with Crippen molar-refractivity contribution >= 4 is 0 Å². The Morgan fingerprint density at radius 1 is 1.00 bits per heavy atom. The minimum atomic E-state index is -0.621. The number of aliphatic hydroxyl groups is 1. The summed E-state index contributed by atoms with van der Waals surface area (Å²) < 4.78 is 5.65. The summed E-state index contributed by atoms with van der Waals surface area (Å²) in [4.78, 5) is 10.7. The van der Waals surface area contributed by atoms with E-state index in [1.807, 2.05) is 49.5 Å². The maximum Gasteiger partial charge on any atom is 0.213 e. The number of pyridine rings is 2. The Morgan fingerprint density at radius 3 is 2.54 bits per heavy atom. The highest BCUT2D eigenvalue weighted by Gasteiger charge is 2.15. The van der Waals surface area contributed by atoms with Crippen LogP contribution in [0, 0.1) is 13.8 Å². The molecule has 1 unspecified atom stereocenters. The second-order valence-corrected chi connectivity index (χ2v) is 7.10. The van der Waals surface area contributed by atoms with Crippen molar-refractivity contribution in [2.24, 2.45) is 0 Å². The summed E-state index contributed by atoms with van der Waals surface area (Å²) in [6, 6.07) is 16.1. The molecule has 0 bridgehead atoms. The van der Waals surface area contributed by atoms with Gasteiger partial charge in [-0.1, -0.05) is 36.4 Å². The first-order valence-corrected chi connectivity index (χ1v) is 9.49. The van der Waals surface area contributed by atoms with Crippen molar-refractivity contribution in [3.63, 3.8) is 0 Å². The molecule has 5 nitrogen and oxygen atoms in total. The average Bonchev–Trinajstić information content (AvgIpc) is 2.70. The lowest BCUT2D eigenvalue weighted by Crippen LogP contribution is -2.35. The molecule has 3 aromatic rings. The molecule has 0 fully saturated rings. The van der Waals surface area contributed by atoms with Gasteiger partial charge in [0.05, 0.1) is 0 Å². The minimum absolute atomic E-state index is 0.202. The van der Waals surface area contributed by atoms with Crippen LogP contribution in [-0.2, 0) is 13.1 Å². The first-order chi connectivity index (χ1) is 13.6. The Bertz CT molecular complexity index is 853. The van der Waals surface area contributed by atoms with Gasteiger partial charge in [0.2, 0.25) is 5.88 Å². The topological polar surface area (TPSA) is 58.5 Å². The quantitative estimate of drug-likeness (QED) is 0.618. The molecule has 1 atom stereocenters. The normalized spacial score (nSPS) is 12.1. The van der Waals surface area contributed by atoms with Crippen LogP contribution >= 0.6 is 0 Å². The zero-order valence-corrected chi connectivity index (χ0v) is 16.5. The molecular weight excluding hydrogens is 350 g/mol. The van der Waals surface area contributed by atoms with Crippen LogP contribution < -0.4 is 4.74 Å². The number of ether oxygens (including phenoxy) is 1. The van der Waals surface area contributed by atoms with Crippen molar-refractivity contribution in [2.45, 2.75) is 33.0 Å². The van der Waals surface area contributed by atoms with Crippen LogP contribution in [0.15, 0.2) is 67.1 Å². The molecule has 0 saturated carbocycles. The van der Waals surface area contributed by atoms with Gasteiger partial charge in [0, 0.05) is 44.3 Å². The highest BCUT2D eigenvalue weighted by molar-refractivity contribution is 5.22. The molecule has 2 aromatic heterocycles. The summed E-state index contributed by atoms with van der Waals surface area (Å²) in [5.41, 5.74) is 4.64. The van der Waals surface area contributed by atoms with Crippen molar-refractivity contribution < 1.29 is 9.84 Å². The summed E-state index contributed by atoms with van der Waals surface area (Å²) in [6.45, 7) is 6.22. The van der Waals surface area contributed by atoms with E-state index in [0.29, 0.717) is 19.0 Å². The van der Waals surface area contributed by atoms with Crippen LogP contribution in [0.5, 0.6) is 5.88 Å². The van der Waals surface area contributed by atoms with E-state index in [-0.39, 0.29) is 6.61 Å². The van der Waals surface area contributed by atoms with Gasteiger partial charge in [-0.15, -0.1) is 0 Å². The second-order valence-electron chi connectivity index (χ2n) is 7.10. The van der Waals surface area contributed by atoms with Crippen molar-refractivity contribution in [3.05, 3.63) is 89.4 Å². The van der Waals surface area contributed by atoms with Crippen LogP contribution in [0.1, 0.15) is 22.3 Å².